The van der Waals surface area contributed by atoms with Gasteiger partial charge >= 0.3 is 6.03 Å². The highest BCUT2D eigenvalue weighted by molar-refractivity contribution is 6.39. The minimum atomic E-state index is -0.801. The third kappa shape index (κ3) is 4.54. The van der Waals surface area contributed by atoms with Crippen molar-refractivity contribution in [1.82, 2.24) is 5.32 Å². The van der Waals surface area contributed by atoms with Gasteiger partial charge in [-0.05, 0) is 64.4 Å². The minimum Gasteiger partial charge on any atom is -0.497 e. The predicted molar refractivity (Wildman–Crippen MR) is 137 cm³/mol. The normalized spacial score (nSPS) is 14.8. The maximum Gasteiger partial charge on any atom is 0.335 e. The predicted octanol–water partition coefficient (Wildman–Crippen LogP) is 5.09. The number of rotatable bonds is 6. The van der Waals surface area contributed by atoms with Crippen LogP contribution in [0, 0.1) is 0 Å². The number of carbonyl (C=O) groups is 3. The zero-order valence-corrected chi connectivity index (χ0v) is 19.4. The summed E-state index contributed by atoms with van der Waals surface area (Å²) >= 11 is 0. The summed E-state index contributed by atoms with van der Waals surface area (Å²) < 4.78 is 11.1. The molecule has 1 aliphatic rings. The smallest absolute Gasteiger partial charge is 0.335 e. The van der Waals surface area contributed by atoms with Crippen molar-refractivity contribution in [1.29, 1.82) is 0 Å². The number of urea groups is 1. The molecule has 1 heterocycles. The molecule has 0 saturated carbocycles. The van der Waals surface area contributed by atoms with E-state index < -0.39 is 17.8 Å². The Kier molecular flexibility index (Phi) is 6.19. The van der Waals surface area contributed by atoms with Crippen LogP contribution < -0.4 is 19.7 Å². The van der Waals surface area contributed by atoms with Crippen LogP contribution >= 0.6 is 0 Å². The number of barbiturate groups is 1. The Morgan fingerprint density at radius 1 is 0.806 bits per heavy atom. The number of nitrogens with zero attached hydrogens (tertiary/aromatic N) is 1. The highest BCUT2D eigenvalue weighted by Gasteiger charge is 2.36. The molecule has 1 N–H and O–H groups in total. The van der Waals surface area contributed by atoms with E-state index in [9.17, 15) is 14.4 Å². The molecule has 0 unspecified atom stereocenters. The molecule has 0 radical (unpaired) electrons. The van der Waals surface area contributed by atoms with Crippen LogP contribution in [-0.4, -0.2) is 25.0 Å². The van der Waals surface area contributed by atoms with Crippen LogP contribution in [0.5, 0.6) is 11.5 Å². The Morgan fingerprint density at radius 3 is 2.25 bits per heavy atom. The van der Waals surface area contributed by atoms with Crippen LogP contribution in [0.2, 0.25) is 0 Å². The first kappa shape index (κ1) is 22.9. The quantitative estimate of drug-likeness (QED) is 0.308. The first-order chi connectivity index (χ1) is 17.5. The van der Waals surface area contributed by atoms with E-state index in [0.717, 1.165) is 21.2 Å². The van der Waals surface area contributed by atoms with Crippen molar-refractivity contribution >= 4 is 40.4 Å². The van der Waals surface area contributed by atoms with E-state index in [1.54, 1.807) is 48.5 Å². The van der Waals surface area contributed by atoms with E-state index in [-0.39, 0.29) is 5.57 Å². The summed E-state index contributed by atoms with van der Waals surface area (Å²) in [5.74, 6) is -0.214. The molecule has 0 bridgehead atoms. The molecule has 4 aromatic carbocycles. The molecular formula is C29H22N2O5. The van der Waals surface area contributed by atoms with Gasteiger partial charge in [0.05, 0.1) is 12.8 Å². The zero-order valence-electron chi connectivity index (χ0n) is 19.4. The van der Waals surface area contributed by atoms with Crippen LogP contribution in [0.3, 0.4) is 0 Å². The molecule has 4 aromatic rings. The Bertz CT molecular complexity index is 1490. The second-order valence-electron chi connectivity index (χ2n) is 8.15. The van der Waals surface area contributed by atoms with Crippen molar-refractivity contribution in [2.45, 2.75) is 6.61 Å². The molecule has 1 aliphatic heterocycles. The van der Waals surface area contributed by atoms with E-state index >= 15 is 0 Å². The molecule has 1 saturated heterocycles. The largest absolute Gasteiger partial charge is 0.497 e. The number of ether oxygens (including phenoxy) is 2. The van der Waals surface area contributed by atoms with E-state index in [1.807, 2.05) is 24.3 Å². The first-order valence-corrected chi connectivity index (χ1v) is 11.3. The third-order valence-electron chi connectivity index (χ3n) is 5.90. The highest BCUT2D eigenvalue weighted by atomic mass is 16.5. The van der Waals surface area contributed by atoms with Gasteiger partial charge in [-0.1, -0.05) is 54.6 Å². The lowest BCUT2D eigenvalue weighted by molar-refractivity contribution is -0.122. The summed E-state index contributed by atoms with van der Waals surface area (Å²) in [7, 11) is 1.52. The summed E-state index contributed by atoms with van der Waals surface area (Å²) in [6.07, 6.45) is 1.45. The lowest BCUT2D eigenvalue weighted by Crippen LogP contribution is -2.54. The lowest BCUT2D eigenvalue weighted by Gasteiger charge is -2.26. The van der Waals surface area contributed by atoms with E-state index in [4.69, 9.17) is 9.47 Å². The molecule has 0 aromatic heterocycles. The number of methoxy groups -OCH3 is 1. The van der Waals surface area contributed by atoms with Crippen molar-refractivity contribution in [2.24, 2.45) is 0 Å². The summed E-state index contributed by atoms with van der Waals surface area (Å²) in [6, 6.07) is 26.9. The van der Waals surface area contributed by atoms with Gasteiger partial charge in [-0.25, -0.2) is 9.69 Å². The molecule has 178 valence electrons. The maximum absolute atomic E-state index is 13.1. The molecule has 1 fully saturated rings. The molecule has 0 atom stereocenters. The minimum absolute atomic E-state index is 0.144. The van der Waals surface area contributed by atoms with E-state index in [1.165, 1.54) is 13.2 Å². The van der Waals surface area contributed by atoms with Crippen molar-refractivity contribution in [3.63, 3.8) is 0 Å². The summed E-state index contributed by atoms with van der Waals surface area (Å²) in [4.78, 5) is 38.8. The average Bonchev–Trinajstić information content (AvgIpc) is 2.91. The van der Waals surface area contributed by atoms with Crippen LogP contribution in [0.25, 0.3) is 16.8 Å². The number of amides is 4. The molecule has 7 heteroatoms. The van der Waals surface area contributed by atoms with Gasteiger partial charge in [0.25, 0.3) is 11.8 Å². The SMILES string of the molecule is COc1ccc(N2C(=O)NC(=O)C(=Cc3ccc(OCc4cccc5ccccc45)cc3)C2=O)cc1. The number of carbonyl (C=O) groups excluding carboxylic acids is 3. The van der Waals surface area contributed by atoms with Crippen molar-refractivity contribution < 1.29 is 23.9 Å². The van der Waals surface area contributed by atoms with E-state index in [2.05, 4.69) is 23.5 Å². The molecule has 0 aliphatic carbocycles. The molecule has 36 heavy (non-hydrogen) atoms. The highest BCUT2D eigenvalue weighted by Crippen LogP contribution is 2.25. The molecule has 7 nitrogen and oxygen atoms in total. The van der Waals surface area contributed by atoms with Crippen molar-refractivity contribution in [2.75, 3.05) is 12.0 Å². The topological polar surface area (TPSA) is 84.9 Å². The molecular weight excluding hydrogens is 456 g/mol. The summed E-state index contributed by atoms with van der Waals surface area (Å²) in [5.41, 5.74) is 1.88. The van der Waals surface area contributed by atoms with Gasteiger partial charge in [0, 0.05) is 0 Å². The fraction of sp³-hybridized carbons (Fsp3) is 0.0690. The number of hydrogen-bond acceptors (Lipinski definition) is 5. The molecule has 0 spiro atoms. The monoisotopic (exact) mass is 478 g/mol. The Morgan fingerprint density at radius 2 is 1.50 bits per heavy atom. The molecule has 4 amide bonds. The maximum atomic E-state index is 13.1. The number of benzene rings is 4. The van der Waals surface area contributed by atoms with Crippen LogP contribution in [0.1, 0.15) is 11.1 Å². The van der Waals surface area contributed by atoms with Gasteiger partial charge < -0.3 is 9.47 Å². The average molecular weight is 479 g/mol. The van der Waals surface area contributed by atoms with Crippen molar-refractivity contribution in [3.8, 4) is 11.5 Å². The van der Waals surface area contributed by atoms with Gasteiger partial charge in [-0.2, -0.15) is 0 Å². The molecule has 5 rings (SSSR count). The van der Waals surface area contributed by atoms with Crippen LogP contribution in [-0.2, 0) is 16.2 Å². The first-order valence-electron chi connectivity index (χ1n) is 11.3. The number of fused-ring (bicyclic) bond motifs is 1. The summed E-state index contributed by atoms with van der Waals surface area (Å²) in [5, 5.41) is 4.51. The second kappa shape index (κ2) is 9.76. The van der Waals surface area contributed by atoms with Gasteiger partial charge in [-0.15, -0.1) is 0 Å². The van der Waals surface area contributed by atoms with Crippen molar-refractivity contribution in [3.05, 3.63) is 108 Å². The number of anilines is 1. The number of imide groups is 2. The van der Waals surface area contributed by atoms with Crippen LogP contribution in [0.15, 0.2) is 96.6 Å². The Labute approximate surface area is 207 Å². The van der Waals surface area contributed by atoms with Gasteiger partial charge in [0.2, 0.25) is 0 Å². The van der Waals surface area contributed by atoms with Gasteiger partial charge in [0.15, 0.2) is 0 Å². The standard InChI is InChI=1S/C29H22N2O5/c1-35-23-15-11-22(12-16-23)31-28(33)26(27(32)30-29(31)34)17-19-9-13-24(14-10-19)36-18-21-7-4-6-20-5-2-3-8-25(20)21/h2-17H,18H2,1H3,(H,30,32,34). The Balaban J connectivity index is 1.33. The number of hydrogen-bond donors (Lipinski definition) is 1. The zero-order chi connectivity index (χ0) is 25.1. The fourth-order valence-electron chi connectivity index (χ4n) is 4.03. The third-order valence-corrected chi connectivity index (χ3v) is 5.90. The lowest BCUT2D eigenvalue weighted by atomic mass is 10.1. The Hall–Kier alpha value is -4.91. The fourth-order valence-corrected chi connectivity index (χ4v) is 4.03. The number of nitrogens with one attached hydrogen (secondary N) is 1. The van der Waals surface area contributed by atoms with Gasteiger partial charge in [-0.3, -0.25) is 14.9 Å². The van der Waals surface area contributed by atoms with E-state index in [0.29, 0.717) is 29.4 Å². The van der Waals surface area contributed by atoms with Gasteiger partial charge in [0.1, 0.15) is 23.7 Å². The second-order valence-corrected chi connectivity index (χ2v) is 8.15. The summed E-state index contributed by atoms with van der Waals surface area (Å²) in [6.45, 7) is 0.404. The van der Waals surface area contributed by atoms with Crippen LogP contribution in [0.4, 0.5) is 10.5 Å².